The number of hydrogen-bond donors (Lipinski definition) is 1. The van der Waals surface area contributed by atoms with Crippen molar-refractivity contribution in [3.8, 4) is 0 Å². The molecule has 1 unspecified atom stereocenters. The monoisotopic (exact) mass is 435 g/mol. The highest BCUT2D eigenvalue weighted by Crippen LogP contribution is 2.22. The second-order valence-electron chi connectivity index (χ2n) is 8.30. The van der Waals surface area contributed by atoms with Crippen LogP contribution >= 0.6 is 0 Å². The Bertz CT molecular complexity index is 1320. The minimum atomic E-state index is -1.16. The summed E-state index contributed by atoms with van der Waals surface area (Å²) in [6.07, 6.45) is 3.28. The van der Waals surface area contributed by atoms with E-state index in [-0.39, 0.29) is 5.56 Å². The predicted molar refractivity (Wildman–Crippen MR) is 122 cm³/mol. The smallest absolute Gasteiger partial charge is 0.251 e. The molecule has 32 heavy (non-hydrogen) atoms. The first-order valence-corrected chi connectivity index (χ1v) is 11.0. The third-order valence-corrected chi connectivity index (χ3v) is 6.13. The molecule has 5 rings (SSSR count). The molecule has 5 heterocycles. The molecule has 1 fully saturated rings. The number of hydrogen-bond acceptors (Lipinski definition) is 6. The van der Waals surface area contributed by atoms with Crippen LogP contribution in [0.4, 0.5) is 10.1 Å². The molecule has 4 aromatic heterocycles. The van der Waals surface area contributed by atoms with Crippen molar-refractivity contribution in [1.82, 2.24) is 29.5 Å². The zero-order valence-corrected chi connectivity index (χ0v) is 18.3. The topological polar surface area (TPSA) is 82.4 Å². The number of pyridine rings is 3. The summed E-state index contributed by atoms with van der Waals surface area (Å²) in [7, 11) is 0. The average molecular weight is 436 g/mol. The molecule has 1 N–H and O–H groups in total. The van der Waals surface area contributed by atoms with E-state index >= 15 is 0 Å². The van der Waals surface area contributed by atoms with Crippen molar-refractivity contribution < 1.29 is 4.39 Å². The van der Waals surface area contributed by atoms with Crippen LogP contribution in [0.1, 0.15) is 37.0 Å². The Morgan fingerprint density at radius 1 is 1.16 bits per heavy atom. The first kappa shape index (κ1) is 20.6. The Kier molecular flexibility index (Phi) is 5.34. The fraction of sp³-hybridized carbons (Fsp3) is 0.391. The molecule has 1 aliphatic heterocycles. The zero-order chi connectivity index (χ0) is 22.2. The number of piperazine rings is 1. The normalized spacial score (nSPS) is 16.2. The molecule has 0 aliphatic carbocycles. The van der Waals surface area contributed by atoms with Gasteiger partial charge < -0.3 is 9.88 Å². The molecule has 4 aromatic rings. The number of aryl methyl sites for hydroxylation is 1. The van der Waals surface area contributed by atoms with Crippen LogP contribution in [0.2, 0.25) is 0 Å². The van der Waals surface area contributed by atoms with Crippen molar-refractivity contribution in [3.05, 3.63) is 64.0 Å². The quantitative estimate of drug-likeness (QED) is 0.519. The molecule has 1 atom stereocenters. The molecular formula is C23H26FN7O. The molecule has 1 saturated heterocycles. The van der Waals surface area contributed by atoms with E-state index in [0.717, 1.165) is 60.6 Å². The molecule has 0 aromatic carbocycles. The summed E-state index contributed by atoms with van der Waals surface area (Å²) in [4.78, 5) is 24.3. The highest BCUT2D eigenvalue weighted by molar-refractivity contribution is 5.74. The van der Waals surface area contributed by atoms with Crippen LogP contribution in [0.15, 0.2) is 41.5 Å². The standard InChI is InChI=1S/C23H26FN7O/c1-3-17-11-19-20(26-23(17)32)10-16(13-25-19)14-29-6-8-30(9-7-29)18-4-5-31-21(12-18)27-28-22(31)15(2)24/h4-5,10-13,15H,3,6-9,14H2,1-2H3,(H,26,32). The number of H-pyrrole nitrogens is 1. The number of halogens is 1. The van der Waals surface area contributed by atoms with Gasteiger partial charge in [0.2, 0.25) is 0 Å². The molecule has 0 amide bonds. The molecule has 1 aliphatic rings. The minimum Gasteiger partial charge on any atom is -0.369 e. The summed E-state index contributed by atoms with van der Waals surface area (Å²) in [5.41, 5.74) is 5.14. The molecule has 166 valence electrons. The Hall–Kier alpha value is -3.33. The van der Waals surface area contributed by atoms with E-state index in [2.05, 4.69) is 30.0 Å². The van der Waals surface area contributed by atoms with E-state index in [1.54, 1.807) is 4.40 Å². The number of aromatic amines is 1. The lowest BCUT2D eigenvalue weighted by Gasteiger charge is -2.36. The van der Waals surface area contributed by atoms with Gasteiger partial charge in [-0.3, -0.25) is 19.1 Å². The number of nitrogens with zero attached hydrogens (tertiary/aromatic N) is 6. The molecule has 9 heteroatoms. The van der Waals surface area contributed by atoms with Gasteiger partial charge >= 0.3 is 0 Å². The summed E-state index contributed by atoms with van der Waals surface area (Å²) in [5, 5.41) is 8.07. The number of alkyl halides is 1. The number of fused-ring (bicyclic) bond motifs is 2. The molecule has 0 bridgehead atoms. The SMILES string of the molecule is CCc1cc2ncc(CN3CCN(c4ccn5c(C(C)F)nnc5c4)CC3)cc2[nH]c1=O. The van der Waals surface area contributed by atoms with Crippen molar-refractivity contribution >= 4 is 22.4 Å². The lowest BCUT2D eigenvalue weighted by atomic mass is 10.1. The van der Waals surface area contributed by atoms with E-state index in [9.17, 15) is 9.18 Å². The maximum atomic E-state index is 13.7. The van der Waals surface area contributed by atoms with Gasteiger partial charge in [-0.05, 0) is 37.1 Å². The van der Waals surface area contributed by atoms with Crippen LogP contribution in [-0.2, 0) is 13.0 Å². The Morgan fingerprint density at radius 3 is 2.72 bits per heavy atom. The first-order valence-electron chi connectivity index (χ1n) is 11.0. The van der Waals surface area contributed by atoms with Gasteiger partial charge in [-0.25, -0.2) is 4.39 Å². The lowest BCUT2D eigenvalue weighted by Crippen LogP contribution is -2.46. The van der Waals surface area contributed by atoms with Crippen LogP contribution in [-0.4, -0.2) is 55.6 Å². The van der Waals surface area contributed by atoms with Crippen molar-refractivity contribution in [2.75, 3.05) is 31.1 Å². The third-order valence-electron chi connectivity index (χ3n) is 6.13. The van der Waals surface area contributed by atoms with Crippen molar-refractivity contribution in [1.29, 1.82) is 0 Å². The van der Waals surface area contributed by atoms with Gasteiger partial charge in [0, 0.05) is 62.4 Å². The molecule has 8 nitrogen and oxygen atoms in total. The van der Waals surface area contributed by atoms with E-state index in [1.165, 1.54) is 6.92 Å². The van der Waals surface area contributed by atoms with Crippen molar-refractivity contribution in [2.45, 2.75) is 33.0 Å². The van der Waals surface area contributed by atoms with Crippen molar-refractivity contribution in [2.24, 2.45) is 0 Å². The van der Waals surface area contributed by atoms with Gasteiger partial charge in [0.05, 0.1) is 11.0 Å². The number of nitrogens with one attached hydrogen (secondary N) is 1. The van der Waals surface area contributed by atoms with Gasteiger partial charge in [0.15, 0.2) is 17.6 Å². The van der Waals surface area contributed by atoms with Crippen LogP contribution in [0.3, 0.4) is 0 Å². The van der Waals surface area contributed by atoms with Gasteiger partial charge in [0.25, 0.3) is 5.56 Å². The fourth-order valence-electron chi connectivity index (χ4n) is 4.30. The largest absolute Gasteiger partial charge is 0.369 e. The minimum absolute atomic E-state index is 0.0368. The number of anilines is 1. The Morgan fingerprint density at radius 2 is 1.97 bits per heavy atom. The Labute approximate surface area is 184 Å². The number of rotatable bonds is 5. The van der Waals surface area contributed by atoms with Gasteiger partial charge in [-0.15, -0.1) is 10.2 Å². The molecule has 0 saturated carbocycles. The molecule has 0 radical (unpaired) electrons. The maximum absolute atomic E-state index is 13.7. The van der Waals surface area contributed by atoms with Gasteiger partial charge in [0.1, 0.15) is 0 Å². The average Bonchev–Trinajstić information content (AvgIpc) is 3.23. The maximum Gasteiger partial charge on any atom is 0.251 e. The van der Waals surface area contributed by atoms with E-state index in [0.29, 0.717) is 17.9 Å². The molecular weight excluding hydrogens is 409 g/mol. The lowest BCUT2D eigenvalue weighted by molar-refractivity contribution is 0.249. The summed E-state index contributed by atoms with van der Waals surface area (Å²) < 4.78 is 15.4. The second-order valence-corrected chi connectivity index (χ2v) is 8.30. The summed E-state index contributed by atoms with van der Waals surface area (Å²) in [6.45, 7) is 7.81. The van der Waals surface area contributed by atoms with Crippen LogP contribution in [0, 0.1) is 0 Å². The van der Waals surface area contributed by atoms with Crippen LogP contribution in [0.25, 0.3) is 16.7 Å². The highest BCUT2D eigenvalue weighted by Gasteiger charge is 2.19. The highest BCUT2D eigenvalue weighted by atomic mass is 19.1. The van der Waals surface area contributed by atoms with Gasteiger partial charge in [-0.2, -0.15) is 0 Å². The van der Waals surface area contributed by atoms with Crippen LogP contribution in [0.5, 0.6) is 0 Å². The van der Waals surface area contributed by atoms with E-state index in [4.69, 9.17) is 0 Å². The number of aromatic nitrogens is 5. The zero-order valence-electron chi connectivity index (χ0n) is 18.3. The van der Waals surface area contributed by atoms with Gasteiger partial charge in [-0.1, -0.05) is 6.92 Å². The summed E-state index contributed by atoms with van der Waals surface area (Å²) in [5.74, 6) is 0.327. The molecule has 0 spiro atoms. The van der Waals surface area contributed by atoms with Crippen molar-refractivity contribution in [3.63, 3.8) is 0 Å². The summed E-state index contributed by atoms with van der Waals surface area (Å²) in [6, 6.07) is 7.85. The van der Waals surface area contributed by atoms with Crippen LogP contribution < -0.4 is 10.5 Å². The van der Waals surface area contributed by atoms with E-state index in [1.807, 2.05) is 43.6 Å². The third kappa shape index (κ3) is 3.84. The fourth-order valence-corrected chi connectivity index (χ4v) is 4.30. The summed E-state index contributed by atoms with van der Waals surface area (Å²) >= 11 is 0. The predicted octanol–water partition coefficient (Wildman–Crippen LogP) is 2.88. The van der Waals surface area contributed by atoms with E-state index < -0.39 is 6.17 Å². The first-order chi connectivity index (χ1) is 15.5. The Balaban J connectivity index is 1.26. The second kappa shape index (κ2) is 8.31.